The fourth-order valence-electron chi connectivity index (χ4n) is 2.51. The maximum absolute atomic E-state index is 12.6. The number of benzene rings is 1. The molecule has 5 nitrogen and oxygen atoms in total. The standard InChI is InChI=1S/C15H16ClN3O2/c1-21-9-10-4-6-19(7-5-10)15(20)14-12-8-11(16)2-3-13(12)17-18-14/h2-4,8H,5-7,9H2,1H3,(H,17,18). The fraction of sp³-hybridized carbons (Fsp3) is 0.333. The van der Waals surface area contributed by atoms with Gasteiger partial charge in [0.1, 0.15) is 0 Å². The molecule has 0 saturated carbocycles. The molecule has 1 aromatic carbocycles. The summed E-state index contributed by atoms with van der Waals surface area (Å²) in [5.74, 6) is -0.0729. The zero-order chi connectivity index (χ0) is 14.8. The third-order valence-corrected chi connectivity index (χ3v) is 3.88. The van der Waals surface area contributed by atoms with Crippen LogP contribution < -0.4 is 0 Å². The molecule has 0 aliphatic carbocycles. The van der Waals surface area contributed by atoms with Crippen LogP contribution in [0, 0.1) is 0 Å². The van der Waals surface area contributed by atoms with E-state index in [9.17, 15) is 4.79 Å². The quantitative estimate of drug-likeness (QED) is 0.887. The summed E-state index contributed by atoms with van der Waals surface area (Å²) in [6, 6.07) is 5.37. The number of carbonyl (C=O) groups is 1. The number of amides is 1. The van der Waals surface area contributed by atoms with E-state index in [0.29, 0.717) is 30.4 Å². The molecule has 0 radical (unpaired) electrons. The lowest BCUT2D eigenvalue weighted by Crippen LogP contribution is -2.35. The van der Waals surface area contributed by atoms with Crippen LogP contribution in [0.2, 0.25) is 5.02 Å². The number of carbonyl (C=O) groups excluding carboxylic acids is 1. The van der Waals surface area contributed by atoms with Gasteiger partial charge in [0.05, 0.1) is 12.1 Å². The van der Waals surface area contributed by atoms with Crippen molar-refractivity contribution in [1.82, 2.24) is 15.1 Å². The SMILES string of the molecule is COCC1=CCN(C(=O)c2n[nH]c3ccc(Cl)cc23)CC1. The van der Waals surface area contributed by atoms with Crippen molar-refractivity contribution in [3.05, 3.63) is 40.6 Å². The van der Waals surface area contributed by atoms with Gasteiger partial charge >= 0.3 is 0 Å². The van der Waals surface area contributed by atoms with E-state index in [1.165, 1.54) is 5.57 Å². The maximum Gasteiger partial charge on any atom is 0.275 e. The van der Waals surface area contributed by atoms with Gasteiger partial charge < -0.3 is 9.64 Å². The number of hydrogen-bond donors (Lipinski definition) is 1. The summed E-state index contributed by atoms with van der Waals surface area (Å²) in [7, 11) is 1.68. The van der Waals surface area contributed by atoms with Crippen LogP contribution in [-0.2, 0) is 4.74 Å². The van der Waals surface area contributed by atoms with Crippen molar-refractivity contribution < 1.29 is 9.53 Å². The van der Waals surface area contributed by atoms with Crippen molar-refractivity contribution in [2.45, 2.75) is 6.42 Å². The predicted molar refractivity (Wildman–Crippen MR) is 81.6 cm³/mol. The molecule has 110 valence electrons. The monoisotopic (exact) mass is 305 g/mol. The van der Waals surface area contributed by atoms with Crippen LogP contribution in [0.25, 0.3) is 10.9 Å². The Balaban J connectivity index is 1.83. The van der Waals surface area contributed by atoms with Crippen LogP contribution >= 0.6 is 11.6 Å². The third kappa shape index (κ3) is 2.80. The molecule has 21 heavy (non-hydrogen) atoms. The molecule has 1 N–H and O–H groups in total. The molecular weight excluding hydrogens is 290 g/mol. The Morgan fingerprint density at radius 3 is 3.10 bits per heavy atom. The summed E-state index contributed by atoms with van der Waals surface area (Å²) in [5.41, 5.74) is 2.47. The smallest absolute Gasteiger partial charge is 0.275 e. The van der Waals surface area contributed by atoms with E-state index in [1.54, 1.807) is 24.1 Å². The van der Waals surface area contributed by atoms with E-state index in [4.69, 9.17) is 16.3 Å². The molecule has 0 bridgehead atoms. The van der Waals surface area contributed by atoms with E-state index in [-0.39, 0.29) is 5.91 Å². The zero-order valence-corrected chi connectivity index (χ0v) is 12.5. The molecule has 3 rings (SSSR count). The number of hydrogen-bond acceptors (Lipinski definition) is 3. The average molecular weight is 306 g/mol. The van der Waals surface area contributed by atoms with Crippen molar-refractivity contribution >= 4 is 28.4 Å². The molecule has 0 atom stereocenters. The van der Waals surface area contributed by atoms with Gasteiger partial charge in [0.15, 0.2) is 5.69 Å². The van der Waals surface area contributed by atoms with Crippen LogP contribution in [0.3, 0.4) is 0 Å². The predicted octanol–water partition coefficient (Wildman–Crippen LogP) is 2.64. The van der Waals surface area contributed by atoms with Crippen molar-refractivity contribution in [2.24, 2.45) is 0 Å². The molecule has 1 aromatic heterocycles. The zero-order valence-electron chi connectivity index (χ0n) is 11.7. The molecule has 0 spiro atoms. The first-order valence-electron chi connectivity index (χ1n) is 6.79. The first-order valence-corrected chi connectivity index (χ1v) is 7.16. The fourth-order valence-corrected chi connectivity index (χ4v) is 2.68. The van der Waals surface area contributed by atoms with E-state index in [0.717, 1.165) is 17.3 Å². The van der Waals surface area contributed by atoms with Gasteiger partial charge in [-0.1, -0.05) is 17.7 Å². The number of aromatic amines is 1. The topological polar surface area (TPSA) is 58.2 Å². The second-order valence-corrected chi connectivity index (χ2v) is 5.50. The van der Waals surface area contributed by atoms with Gasteiger partial charge in [-0.2, -0.15) is 5.10 Å². The molecule has 1 amide bonds. The lowest BCUT2D eigenvalue weighted by molar-refractivity contribution is 0.0761. The highest BCUT2D eigenvalue weighted by Gasteiger charge is 2.22. The highest BCUT2D eigenvalue weighted by atomic mass is 35.5. The first-order chi connectivity index (χ1) is 10.2. The van der Waals surface area contributed by atoms with Crippen molar-refractivity contribution in [3.8, 4) is 0 Å². The van der Waals surface area contributed by atoms with Gasteiger partial charge in [-0.3, -0.25) is 9.89 Å². The van der Waals surface area contributed by atoms with Crippen molar-refractivity contribution in [3.63, 3.8) is 0 Å². The van der Waals surface area contributed by atoms with Crippen LogP contribution in [-0.4, -0.2) is 47.8 Å². The number of halogens is 1. The summed E-state index contributed by atoms with van der Waals surface area (Å²) in [6.07, 6.45) is 2.88. The third-order valence-electron chi connectivity index (χ3n) is 3.65. The molecule has 0 unspecified atom stereocenters. The lowest BCUT2D eigenvalue weighted by atomic mass is 10.1. The minimum atomic E-state index is -0.0729. The second kappa shape index (κ2) is 5.87. The van der Waals surface area contributed by atoms with Crippen LogP contribution in [0.4, 0.5) is 0 Å². The van der Waals surface area contributed by atoms with Gasteiger partial charge in [-0.25, -0.2) is 0 Å². The van der Waals surface area contributed by atoms with Gasteiger partial charge in [-0.15, -0.1) is 0 Å². The number of rotatable bonds is 3. The Labute approximate surface area is 127 Å². The summed E-state index contributed by atoms with van der Waals surface area (Å²) < 4.78 is 5.12. The molecule has 0 saturated heterocycles. The first kappa shape index (κ1) is 14.1. The number of ether oxygens (including phenoxy) is 1. The van der Waals surface area contributed by atoms with Crippen LogP contribution in [0.15, 0.2) is 29.8 Å². The molecule has 2 aromatic rings. The number of methoxy groups -OCH3 is 1. The molecular formula is C15H16ClN3O2. The summed E-state index contributed by atoms with van der Waals surface area (Å²) >= 11 is 6.00. The average Bonchev–Trinajstić information content (AvgIpc) is 2.90. The Kier molecular flexibility index (Phi) is 3.94. The van der Waals surface area contributed by atoms with E-state index in [1.807, 2.05) is 12.1 Å². The molecule has 1 aliphatic heterocycles. The van der Waals surface area contributed by atoms with Gasteiger partial charge in [-0.05, 0) is 30.2 Å². The van der Waals surface area contributed by atoms with Gasteiger partial charge in [0, 0.05) is 30.6 Å². The summed E-state index contributed by atoms with van der Waals surface area (Å²) in [4.78, 5) is 14.4. The highest BCUT2D eigenvalue weighted by molar-refractivity contribution is 6.31. The number of nitrogens with one attached hydrogen (secondary N) is 1. The van der Waals surface area contributed by atoms with Crippen molar-refractivity contribution in [2.75, 3.05) is 26.8 Å². The van der Waals surface area contributed by atoms with Gasteiger partial charge in [0.25, 0.3) is 5.91 Å². The van der Waals surface area contributed by atoms with Crippen molar-refractivity contribution in [1.29, 1.82) is 0 Å². The van der Waals surface area contributed by atoms with Gasteiger partial charge in [0.2, 0.25) is 0 Å². The number of fused-ring (bicyclic) bond motifs is 1. The Bertz CT molecular complexity index is 708. The largest absolute Gasteiger partial charge is 0.380 e. The van der Waals surface area contributed by atoms with E-state index < -0.39 is 0 Å². The normalized spacial score (nSPS) is 15.3. The maximum atomic E-state index is 12.6. The highest BCUT2D eigenvalue weighted by Crippen LogP contribution is 2.22. The molecule has 0 fully saturated rings. The summed E-state index contributed by atoms with van der Waals surface area (Å²) in [5, 5.41) is 8.38. The Morgan fingerprint density at radius 2 is 2.38 bits per heavy atom. The number of aromatic nitrogens is 2. The molecule has 2 heterocycles. The molecule has 1 aliphatic rings. The van der Waals surface area contributed by atoms with Crippen LogP contribution in [0.1, 0.15) is 16.9 Å². The lowest BCUT2D eigenvalue weighted by Gasteiger charge is -2.25. The Morgan fingerprint density at radius 1 is 1.52 bits per heavy atom. The Hall–Kier alpha value is -1.85. The second-order valence-electron chi connectivity index (χ2n) is 5.06. The van der Waals surface area contributed by atoms with E-state index >= 15 is 0 Å². The number of nitrogens with zero attached hydrogens (tertiary/aromatic N) is 2. The van der Waals surface area contributed by atoms with Crippen LogP contribution in [0.5, 0.6) is 0 Å². The summed E-state index contributed by atoms with van der Waals surface area (Å²) in [6.45, 7) is 1.90. The minimum Gasteiger partial charge on any atom is -0.380 e. The minimum absolute atomic E-state index is 0.0729. The van der Waals surface area contributed by atoms with E-state index in [2.05, 4.69) is 10.2 Å². The molecule has 6 heteroatoms. The number of H-pyrrole nitrogens is 1.